The zero-order chi connectivity index (χ0) is 30.4. The van der Waals surface area contributed by atoms with Crippen LogP contribution in [0.2, 0.25) is 28.6 Å². The van der Waals surface area contributed by atoms with E-state index in [-0.39, 0.29) is 6.10 Å². The first-order chi connectivity index (χ1) is 19.9. The van der Waals surface area contributed by atoms with Crippen LogP contribution in [0.5, 0.6) is 0 Å². The molecule has 41 heavy (non-hydrogen) atoms. The van der Waals surface area contributed by atoms with Crippen LogP contribution in [-0.2, 0) is 6.42 Å². The van der Waals surface area contributed by atoms with Gasteiger partial charge in [0.1, 0.15) is 0 Å². The van der Waals surface area contributed by atoms with E-state index in [1.165, 1.54) is 95.5 Å². The summed E-state index contributed by atoms with van der Waals surface area (Å²) in [5.41, 5.74) is 1.50. The second-order valence-electron chi connectivity index (χ2n) is 13.9. The van der Waals surface area contributed by atoms with Crippen molar-refractivity contribution in [3.8, 4) is 0 Å². The Labute approximate surface area is 267 Å². The van der Waals surface area contributed by atoms with Crippen molar-refractivity contribution in [2.24, 2.45) is 5.92 Å². The molecule has 0 aliphatic carbocycles. The van der Waals surface area contributed by atoms with Crippen LogP contribution in [-0.4, -0.2) is 48.0 Å². The van der Waals surface area contributed by atoms with Gasteiger partial charge < -0.3 is 0 Å². The molecular weight excluding hydrogens is 710 g/mol. The van der Waals surface area contributed by atoms with E-state index in [9.17, 15) is 5.11 Å². The summed E-state index contributed by atoms with van der Waals surface area (Å²) >= 11 is -5.44. The molecule has 1 aromatic carbocycles. The summed E-state index contributed by atoms with van der Waals surface area (Å²) < 4.78 is 10.7. The first kappa shape index (κ1) is 39.8. The number of rotatable bonds is 27. The van der Waals surface area contributed by atoms with Crippen molar-refractivity contribution in [1.29, 1.82) is 0 Å². The van der Waals surface area contributed by atoms with Crippen LogP contribution in [0.1, 0.15) is 150 Å². The van der Waals surface area contributed by atoms with Gasteiger partial charge in [-0.25, -0.2) is 0 Å². The predicted octanol–water partition coefficient (Wildman–Crippen LogP) is 13.0. The Hall–Kier alpha value is 0.777. The van der Waals surface area contributed by atoms with Crippen LogP contribution < -0.4 is 0 Å². The topological polar surface area (TPSA) is 20.2 Å². The third-order valence-electron chi connectivity index (χ3n) is 10.6. The van der Waals surface area contributed by atoms with Crippen molar-refractivity contribution < 1.29 is 5.11 Å². The summed E-state index contributed by atoms with van der Waals surface area (Å²) in [4.78, 5) is 0. The Balaban J connectivity index is 4.07. The molecule has 0 unspecified atom stereocenters. The van der Waals surface area contributed by atoms with E-state index in [4.69, 9.17) is 0 Å². The van der Waals surface area contributed by atoms with Gasteiger partial charge in [-0.3, -0.25) is 0 Å². The van der Waals surface area contributed by atoms with E-state index in [0.717, 1.165) is 14.8 Å². The molecule has 0 radical (unpaired) electrons. The average Bonchev–Trinajstić information content (AvgIpc) is 3.00. The molecular formula is C38H74OSn2. The molecule has 2 atom stereocenters. The Bertz CT molecular complexity index is 645. The Morgan fingerprint density at radius 2 is 0.854 bits per heavy atom. The number of hydrogen-bond donors (Lipinski definition) is 1. The van der Waals surface area contributed by atoms with Crippen molar-refractivity contribution >= 4 is 36.8 Å². The summed E-state index contributed by atoms with van der Waals surface area (Å²) in [7, 11) is 0. The minimum absolute atomic E-state index is 0.109. The molecule has 0 saturated heterocycles. The molecule has 0 spiro atoms. The summed E-state index contributed by atoms with van der Waals surface area (Å²) in [6.07, 6.45) is 21.3. The average molecular weight is 784 g/mol. The fraction of sp³-hybridized carbons (Fsp3) is 0.842. The minimum atomic E-state index is -2.72. The number of hydrogen-bond acceptors (Lipinski definition) is 1. The second kappa shape index (κ2) is 24.1. The van der Waals surface area contributed by atoms with E-state index in [1.807, 2.05) is 0 Å². The fourth-order valence-electron chi connectivity index (χ4n) is 8.40. The Morgan fingerprint density at radius 1 is 0.512 bits per heavy atom. The zero-order valence-electron chi connectivity index (χ0n) is 29.1. The molecule has 1 aromatic rings. The third-order valence-corrected chi connectivity index (χ3v) is 67.1. The van der Waals surface area contributed by atoms with Crippen molar-refractivity contribution in [2.75, 3.05) is 0 Å². The molecule has 0 bridgehead atoms. The molecule has 0 amide bonds. The van der Waals surface area contributed by atoms with Gasteiger partial charge in [0, 0.05) is 0 Å². The summed E-state index contributed by atoms with van der Waals surface area (Å²) in [5.74, 6) is 0.520. The van der Waals surface area contributed by atoms with Gasteiger partial charge in [0.15, 0.2) is 0 Å². The van der Waals surface area contributed by atoms with E-state index in [1.54, 1.807) is 26.6 Å². The number of benzene rings is 1. The summed E-state index contributed by atoms with van der Waals surface area (Å²) in [6, 6.07) is 11.5. The molecule has 240 valence electrons. The molecule has 1 N–H and O–H groups in total. The molecule has 3 heteroatoms. The first-order valence-corrected chi connectivity index (χ1v) is 34.1. The van der Waals surface area contributed by atoms with Crippen LogP contribution in [0.25, 0.3) is 0 Å². The van der Waals surface area contributed by atoms with Gasteiger partial charge in [-0.05, 0) is 0 Å². The fourth-order valence-corrected chi connectivity index (χ4v) is 88.4. The number of aliphatic hydroxyl groups excluding tert-OH is 1. The predicted molar refractivity (Wildman–Crippen MR) is 193 cm³/mol. The molecule has 1 rings (SSSR count). The molecule has 0 heterocycles. The van der Waals surface area contributed by atoms with Crippen molar-refractivity contribution in [3.63, 3.8) is 0 Å². The summed E-state index contributed by atoms with van der Waals surface area (Å²) in [6.45, 7) is 17.0. The molecule has 0 aliphatic heterocycles. The quantitative estimate of drug-likeness (QED) is 0.0881. The molecule has 0 saturated carbocycles. The van der Waals surface area contributed by atoms with Crippen molar-refractivity contribution in [1.82, 2.24) is 0 Å². The standard InChI is InChI=1S/C14H20O.6C4H9.2Sn/c1-3-4-10-14(15)12(2)11-13-8-6-5-7-9-13;6*1-3-4-2;;/h2,5-9,12,14-15H,3-4,10-11H2,1H3;6*1,3-4H2,2H3;;/t12-,14+;;;;;;;;/m1......../s1. The van der Waals surface area contributed by atoms with E-state index in [0.29, 0.717) is 5.92 Å². The molecule has 0 aromatic heterocycles. The third kappa shape index (κ3) is 13.8. The molecule has 1 nitrogen and oxygen atoms in total. The van der Waals surface area contributed by atoms with Gasteiger partial charge in [-0.15, -0.1) is 0 Å². The van der Waals surface area contributed by atoms with Crippen LogP contribution in [0.15, 0.2) is 30.3 Å². The maximum absolute atomic E-state index is 12.4. The van der Waals surface area contributed by atoms with Crippen LogP contribution in [0.3, 0.4) is 0 Å². The first-order valence-electron chi connectivity index (χ1n) is 18.7. The second-order valence-corrected chi connectivity index (χ2v) is 46.3. The number of aliphatic hydroxyl groups is 1. The van der Waals surface area contributed by atoms with Gasteiger partial charge in [0.05, 0.1) is 0 Å². The normalized spacial score (nSPS) is 14.1. The van der Waals surface area contributed by atoms with Gasteiger partial charge in [0.25, 0.3) is 0 Å². The molecule has 0 fully saturated rings. The summed E-state index contributed by atoms with van der Waals surface area (Å²) in [5, 5.41) is 12.4. The van der Waals surface area contributed by atoms with Crippen LogP contribution in [0, 0.1) is 5.92 Å². The van der Waals surface area contributed by atoms with Crippen molar-refractivity contribution in [3.05, 3.63) is 35.9 Å². The van der Waals surface area contributed by atoms with Crippen LogP contribution in [0.4, 0.5) is 0 Å². The number of unbranched alkanes of at least 4 members (excludes halogenated alkanes) is 7. The van der Waals surface area contributed by atoms with Gasteiger partial charge in [0.2, 0.25) is 0 Å². The Morgan fingerprint density at radius 3 is 1.17 bits per heavy atom. The van der Waals surface area contributed by atoms with E-state index >= 15 is 0 Å². The van der Waals surface area contributed by atoms with Gasteiger partial charge in [-0.1, -0.05) is 0 Å². The Kier molecular flexibility index (Phi) is 23.4. The van der Waals surface area contributed by atoms with E-state index in [2.05, 4.69) is 78.8 Å². The zero-order valence-corrected chi connectivity index (χ0v) is 34.8. The maximum atomic E-state index is 12.4. The monoisotopic (exact) mass is 786 g/mol. The van der Waals surface area contributed by atoms with E-state index < -0.39 is 36.8 Å². The SMILES string of the molecule is CCCC[C@H](O)[C@@H](Cc1ccccc1)[CH]([Sn]([CH2]CCC)([CH2]CCC)[CH2]CCC)[Sn]([CH2]CCC)([CH2]CCC)[CH2]CCC. The van der Waals surface area contributed by atoms with Crippen LogP contribution >= 0.6 is 0 Å². The molecule has 0 aliphatic rings. The van der Waals surface area contributed by atoms with Gasteiger partial charge in [-0.2, -0.15) is 0 Å². The van der Waals surface area contributed by atoms with Gasteiger partial charge >= 0.3 is 270 Å². The van der Waals surface area contributed by atoms with Crippen molar-refractivity contribution in [2.45, 2.75) is 186 Å².